The number of carbonyl (C=O) groups is 2. The molecule has 0 aromatic heterocycles. The summed E-state index contributed by atoms with van der Waals surface area (Å²) >= 11 is 1.65. The van der Waals surface area contributed by atoms with Crippen molar-refractivity contribution in [1.82, 2.24) is 9.80 Å². The Morgan fingerprint density at radius 2 is 1.58 bits per heavy atom. The molecule has 0 radical (unpaired) electrons. The van der Waals surface area contributed by atoms with Gasteiger partial charge in [-0.2, -0.15) is 0 Å². The van der Waals surface area contributed by atoms with Gasteiger partial charge in [-0.05, 0) is 25.0 Å². The first kappa shape index (κ1) is 18.5. The molecule has 2 amide bonds. The number of amides is 2. The summed E-state index contributed by atoms with van der Waals surface area (Å²) in [5.41, 5.74) is 2.17. The highest BCUT2D eigenvalue weighted by atomic mass is 32.2. The molecule has 1 heterocycles. The molecule has 1 atom stereocenters. The van der Waals surface area contributed by atoms with Gasteiger partial charge in [-0.1, -0.05) is 60.7 Å². The molecular weight excluding hydrogens is 344 g/mol. The lowest BCUT2D eigenvalue weighted by molar-refractivity contribution is -0.142. The first-order chi connectivity index (χ1) is 12.5. The van der Waals surface area contributed by atoms with Gasteiger partial charge in [0.2, 0.25) is 12.3 Å². The van der Waals surface area contributed by atoms with Gasteiger partial charge in [0, 0.05) is 18.8 Å². The second-order valence-corrected chi connectivity index (χ2v) is 8.57. The molecule has 0 spiro atoms. The molecule has 0 aliphatic carbocycles. The Kier molecular flexibility index (Phi) is 5.67. The molecular formula is C21H24N2O2S. The Balaban J connectivity index is 1.84. The lowest BCUT2D eigenvalue weighted by Crippen LogP contribution is -2.50. The van der Waals surface area contributed by atoms with Crippen LogP contribution in [0.3, 0.4) is 0 Å². The van der Waals surface area contributed by atoms with E-state index in [0.29, 0.717) is 18.8 Å². The zero-order valence-electron chi connectivity index (χ0n) is 15.2. The van der Waals surface area contributed by atoms with Gasteiger partial charge in [0.15, 0.2) is 0 Å². The predicted molar refractivity (Wildman–Crippen MR) is 105 cm³/mol. The smallest absolute Gasteiger partial charge is 0.246 e. The molecule has 2 aromatic carbocycles. The van der Waals surface area contributed by atoms with Crippen LogP contribution in [0.15, 0.2) is 60.7 Å². The zero-order valence-corrected chi connectivity index (χ0v) is 16.0. The van der Waals surface area contributed by atoms with Crippen LogP contribution < -0.4 is 0 Å². The minimum atomic E-state index is -0.417. The SMILES string of the molecule is CC1(C)SCC(C(=O)N(Cc2ccccc2)Cc2ccccc2)N1C=O. The van der Waals surface area contributed by atoms with Crippen LogP contribution >= 0.6 is 11.8 Å². The number of thioether (sulfide) groups is 1. The lowest BCUT2D eigenvalue weighted by atomic mass is 10.1. The van der Waals surface area contributed by atoms with Crippen molar-refractivity contribution in [3.8, 4) is 0 Å². The monoisotopic (exact) mass is 368 g/mol. The van der Waals surface area contributed by atoms with Crippen LogP contribution in [-0.2, 0) is 22.7 Å². The average Bonchev–Trinajstić information content (AvgIpc) is 2.96. The normalized spacial score (nSPS) is 18.5. The van der Waals surface area contributed by atoms with Gasteiger partial charge in [-0.15, -0.1) is 11.8 Å². The third-order valence-corrected chi connectivity index (χ3v) is 6.09. The molecule has 2 aromatic rings. The fourth-order valence-electron chi connectivity index (χ4n) is 3.23. The Hall–Kier alpha value is -2.27. The topological polar surface area (TPSA) is 40.6 Å². The molecule has 136 valence electrons. The highest BCUT2D eigenvalue weighted by molar-refractivity contribution is 8.00. The fourth-order valence-corrected chi connectivity index (χ4v) is 4.42. The summed E-state index contributed by atoms with van der Waals surface area (Å²) in [4.78, 5) is 28.1. The van der Waals surface area contributed by atoms with E-state index in [1.165, 1.54) is 0 Å². The van der Waals surface area contributed by atoms with Crippen LogP contribution in [-0.4, -0.2) is 38.8 Å². The van der Waals surface area contributed by atoms with E-state index >= 15 is 0 Å². The van der Waals surface area contributed by atoms with Gasteiger partial charge in [0.1, 0.15) is 6.04 Å². The number of hydrogen-bond acceptors (Lipinski definition) is 3. The van der Waals surface area contributed by atoms with Crippen LogP contribution in [0.25, 0.3) is 0 Å². The third kappa shape index (κ3) is 4.10. The highest BCUT2D eigenvalue weighted by Crippen LogP contribution is 2.38. The van der Waals surface area contributed by atoms with Crippen LogP contribution in [0.1, 0.15) is 25.0 Å². The Morgan fingerprint density at radius 1 is 1.08 bits per heavy atom. The van der Waals surface area contributed by atoms with Crippen LogP contribution in [0.2, 0.25) is 0 Å². The molecule has 1 fully saturated rings. The molecule has 4 nitrogen and oxygen atoms in total. The van der Waals surface area contributed by atoms with E-state index in [1.54, 1.807) is 16.7 Å². The summed E-state index contributed by atoms with van der Waals surface area (Å²) in [6.07, 6.45) is 0.811. The average molecular weight is 369 g/mol. The summed E-state index contributed by atoms with van der Waals surface area (Å²) in [7, 11) is 0. The Bertz CT molecular complexity index is 708. The van der Waals surface area contributed by atoms with Gasteiger partial charge in [-0.25, -0.2) is 0 Å². The molecule has 1 unspecified atom stereocenters. The molecule has 5 heteroatoms. The number of benzene rings is 2. The van der Waals surface area contributed by atoms with Crippen LogP contribution in [0.5, 0.6) is 0 Å². The fraction of sp³-hybridized carbons (Fsp3) is 0.333. The Labute approximate surface area is 159 Å². The quantitative estimate of drug-likeness (QED) is 0.733. The van der Waals surface area contributed by atoms with E-state index in [9.17, 15) is 9.59 Å². The molecule has 3 rings (SSSR count). The van der Waals surface area contributed by atoms with Crippen molar-refractivity contribution in [3.05, 3.63) is 71.8 Å². The molecule has 0 N–H and O–H groups in total. The molecule has 1 saturated heterocycles. The number of hydrogen-bond donors (Lipinski definition) is 0. The number of nitrogens with zero attached hydrogens (tertiary/aromatic N) is 2. The van der Waals surface area contributed by atoms with E-state index < -0.39 is 6.04 Å². The van der Waals surface area contributed by atoms with Crippen molar-refractivity contribution < 1.29 is 9.59 Å². The van der Waals surface area contributed by atoms with Crippen molar-refractivity contribution in [1.29, 1.82) is 0 Å². The first-order valence-electron chi connectivity index (χ1n) is 8.75. The van der Waals surface area contributed by atoms with Gasteiger partial charge < -0.3 is 9.80 Å². The second kappa shape index (κ2) is 7.96. The van der Waals surface area contributed by atoms with E-state index in [0.717, 1.165) is 17.5 Å². The predicted octanol–water partition coefficient (Wildman–Crippen LogP) is 3.53. The summed E-state index contributed by atoms with van der Waals surface area (Å²) in [5, 5.41) is 0. The summed E-state index contributed by atoms with van der Waals surface area (Å²) in [5.74, 6) is 0.632. The Morgan fingerprint density at radius 3 is 2.04 bits per heavy atom. The van der Waals surface area contributed by atoms with E-state index in [2.05, 4.69) is 0 Å². The van der Waals surface area contributed by atoms with Gasteiger partial charge in [0.25, 0.3) is 0 Å². The molecule has 1 aliphatic rings. The first-order valence-corrected chi connectivity index (χ1v) is 9.74. The highest BCUT2D eigenvalue weighted by Gasteiger charge is 2.44. The van der Waals surface area contributed by atoms with E-state index in [-0.39, 0.29) is 10.8 Å². The lowest BCUT2D eigenvalue weighted by Gasteiger charge is -2.33. The largest absolute Gasteiger partial charge is 0.332 e. The number of carbonyl (C=O) groups excluding carboxylic acids is 2. The maximum atomic E-state index is 13.3. The molecule has 26 heavy (non-hydrogen) atoms. The minimum Gasteiger partial charge on any atom is -0.332 e. The van der Waals surface area contributed by atoms with Crippen molar-refractivity contribution >= 4 is 24.1 Å². The van der Waals surface area contributed by atoms with Crippen molar-refractivity contribution in [3.63, 3.8) is 0 Å². The van der Waals surface area contributed by atoms with E-state index in [4.69, 9.17) is 0 Å². The van der Waals surface area contributed by atoms with Crippen LogP contribution in [0, 0.1) is 0 Å². The maximum absolute atomic E-state index is 13.3. The van der Waals surface area contributed by atoms with Gasteiger partial charge in [0.05, 0.1) is 4.87 Å². The van der Waals surface area contributed by atoms with Crippen molar-refractivity contribution in [2.45, 2.75) is 37.8 Å². The van der Waals surface area contributed by atoms with Gasteiger partial charge >= 0.3 is 0 Å². The third-order valence-electron chi connectivity index (χ3n) is 4.69. The van der Waals surface area contributed by atoms with Crippen molar-refractivity contribution in [2.24, 2.45) is 0 Å². The summed E-state index contributed by atoms with van der Waals surface area (Å²) < 4.78 is 0. The van der Waals surface area contributed by atoms with Crippen molar-refractivity contribution in [2.75, 3.05) is 5.75 Å². The minimum absolute atomic E-state index is 0.00267. The van der Waals surface area contributed by atoms with Gasteiger partial charge in [-0.3, -0.25) is 9.59 Å². The summed E-state index contributed by atoms with van der Waals surface area (Å²) in [6, 6.07) is 19.5. The zero-order chi connectivity index (χ0) is 18.6. The van der Waals surface area contributed by atoms with E-state index in [1.807, 2.05) is 79.4 Å². The second-order valence-electron chi connectivity index (χ2n) is 6.95. The number of rotatable bonds is 6. The maximum Gasteiger partial charge on any atom is 0.246 e. The summed E-state index contributed by atoms with van der Waals surface area (Å²) in [6.45, 7) is 5.03. The molecule has 1 aliphatic heterocycles. The molecule has 0 bridgehead atoms. The van der Waals surface area contributed by atoms with Crippen LogP contribution in [0.4, 0.5) is 0 Å². The molecule has 0 saturated carbocycles. The standard InChI is InChI=1S/C21H24N2O2S/c1-21(2)23(16-24)19(15-26-21)20(25)22(13-17-9-5-3-6-10-17)14-18-11-7-4-8-12-18/h3-12,16,19H,13-15H2,1-2H3.